The number of halogens is 1. The topological polar surface area (TPSA) is 68.9 Å². The standard InChI is InChI=1S/C13H9FN2O2/c14-9-2-1-3-10-11(9)8(6-16-10)7-4-5-15-12(7)13(17)18/h1-6,15-16H,(H,17,18). The number of carboxylic acid groups (broad SMARTS) is 1. The third-order valence-corrected chi connectivity index (χ3v) is 2.91. The zero-order valence-corrected chi connectivity index (χ0v) is 9.20. The van der Waals surface area contributed by atoms with Gasteiger partial charge in [-0.25, -0.2) is 9.18 Å². The van der Waals surface area contributed by atoms with Crippen molar-refractivity contribution in [3.05, 3.63) is 48.2 Å². The van der Waals surface area contributed by atoms with Crippen LogP contribution in [0.4, 0.5) is 4.39 Å². The molecule has 0 aliphatic rings. The van der Waals surface area contributed by atoms with E-state index in [0.717, 1.165) is 0 Å². The first-order valence-electron chi connectivity index (χ1n) is 5.35. The van der Waals surface area contributed by atoms with Crippen LogP contribution >= 0.6 is 0 Å². The van der Waals surface area contributed by atoms with Gasteiger partial charge in [-0.1, -0.05) is 6.07 Å². The normalized spacial score (nSPS) is 10.9. The molecule has 0 radical (unpaired) electrons. The summed E-state index contributed by atoms with van der Waals surface area (Å²) in [7, 11) is 0. The van der Waals surface area contributed by atoms with Crippen molar-refractivity contribution in [3.63, 3.8) is 0 Å². The van der Waals surface area contributed by atoms with Crippen LogP contribution in [0.2, 0.25) is 0 Å². The number of hydrogen-bond acceptors (Lipinski definition) is 1. The molecule has 0 amide bonds. The van der Waals surface area contributed by atoms with E-state index in [4.69, 9.17) is 5.11 Å². The van der Waals surface area contributed by atoms with Crippen molar-refractivity contribution in [1.29, 1.82) is 0 Å². The zero-order valence-electron chi connectivity index (χ0n) is 9.20. The highest BCUT2D eigenvalue weighted by molar-refractivity contribution is 6.02. The van der Waals surface area contributed by atoms with E-state index in [-0.39, 0.29) is 11.5 Å². The Kier molecular flexibility index (Phi) is 2.19. The van der Waals surface area contributed by atoms with Gasteiger partial charge in [-0.15, -0.1) is 0 Å². The number of aromatic carboxylic acids is 1. The van der Waals surface area contributed by atoms with Crippen LogP contribution in [0.3, 0.4) is 0 Å². The smallest absolute Gasteiger partial charge is 0.352 e. The van der Waals surface area contributed by atoms with Crippen molar-refractivity contribution in [2.45, 2.75) is 0 Å². The molecule has 3 rings (SSSR count). The SMILES string of the molecule is O=C(O)c1[nH]ccc1-c1c[nH]c2cccc(F)c12. The molecule has 1 aromatic carbocycles. The molecule has 0 unspecified atom stereocenters. The molecule has 2 heterocycles. The minimum atomic E-state index is -1.07. The Morgan fingerprint density at radius 2 is 2.00 bits per heavy atom. The van der Waals surface area contributed by atoms with Gasteiger partial charge < -0.3 is 15.1 Å². The zero-order chi connectivity index (χ0) is 12.7. The van der Waals surface area contributed by atoms with Gasteiger partial charge in [0.1, 0.15) is 11.5 Å². The summed E-state index contributed by atoms with van der Waals surface area (Å²) in [5, 5.41) is 9.46. The van der Waals surface area contributed by atoms with Crippen molar-refractivity contribution in [2.75, 3.05) is 0 Å². The van der Waals surface area contributed by atoms with Gasteiger partial charge in [0.25, 0.3) is 0 Å². The van der Waals surface area contributed by atoms with E-state index in [9.17, 15) is 9.18 Å². The van der Waals surface area contributed by atoms with Gasteiger partial charge in [0.2, 0.25) is 0 Å². The maximum Gasteiger partial charge on any atom is 0.352 e. The van der Waals surface area contributed by atoms with Crippen LogP contribution in [0.1, 0.15) is 10.5 Å². The molecule has 4 nitrogen and oxygen atoms in total. The largest absolute Gasteiger partial charge is 0.477 e. The van der Waals surface area contributed by atoms with Gasteiger partial charge in [-0.2, -0.15) is 0 Å². The molecule has 0 atom stereocenters. The highest BCUT2D eigenvalue weighted by atomic mass is 19.1. The predicted octanol–water partition coefficient (Wildman–Crippen LogP) is 3.00. The fourth-order valence-electron chi connectivity index (χ4n) is 2.12. The molecule has 0 fully saturated rings. The summed E-state index contributed by atoms with van der Waals surface area (Å²) in [4.78, 5) is 16.6. The van der Waals surface area contributed by atoms with Crippen LogP contribution in [-0.2, 0) is 0 Å². The molecule has 0 saturated carbocycles. The predicted molar refractivity (Wildman–Crippen MR) is 65.0 cm³/mol. The average Bonchev–Trinajstić information content (AvgIpc) is 2.94. The average molecular weight is 244 g/mol. The summed E-state index contributed by atoms with van der Waals surface area (Å²) in [5.74, 6) is -1.44. The van der Waals surface area contributed by atoms with E-state index in [0.29, 0.717) is 22.0 Å². The van der Waals surface area contributed by atoms with Crippen molar-refractivity contribution < 1.29 is 14.3 Å². The Morgan fingerprint density at radius 3 is 2.78 bits per heavy atom. The molecule has 90 valence electrons. The van der Waals surface area contributed by atoms with Gasteiger partial charge in [0, 0.05) is 34.4 Å². The van der Waals surface area contributed by atoms with E-state index in [1.807, 2.05) is 0 Å². The first-order chi connectivity index (χ1) is 8.68. The number of nitrogens with one attached hydrogen (secondary N) is 2. The second-order valence-corrected chi connectivity index (χ2v) is 3.94. The molecule has 3 N–H and O–H groups in total. The van der Waals surface area contributed by atoms with Gasteiger partial charge >= 0.3 is 5.97 Å². The molecule has 5 heteroatoms. The van der Waals surface area contributed by atoms with Crippen LogP contribution in [0, 0.1) is 5.82 Å². The molecule has 0 bridgehead atoms. The summed E-state index contributed by atoms with van der Waals surface area (Å²) in [6.45, 7) is 0. The molecule has 0 saturated heterocycles. The Morgan fingerprint density at radius 1 is 1.17 bits per heavy atom. The Bertz CT molecular complexity index is 742. The third kappa shape index (κ3) is 1.41. The fraction of sp³-hybridized carbons (Fsp3) is 0. The Balaban J connectivity index is 2.32. The van der Waals surface area contributed by atoms with Gasteiger partial charge in [0.05, 0.1) is 0 Å². The molecule has 18 heavy (non-hydrogen) atoms. The first-order valence-corrected chi connectivity index (χ1v) is 5.35. The van der Waals surface area contributed by atoms with Crippen LogP contribution in [0.25, 0.3) is 22.0 Å². The fourth-order valence-corrected chi connectivity index (χ4v) is 2.12. The highest BCUT2D eigenvalue weighted by Gasteiger charge is 2.17. The Hall–Kier alpha value is -2.56. The third-order valence-electron chi connectivity index (χ3n) is 2.91. The molecular weight excluding hydrogens is 235 g/mol. The van der Waals surface area contributed by atoms with E-state index >= 15 is 0 Å². The lowest BCUT2D eigenvalue weighted by molar-refractivity contribution is 0.0692. The maximum absolute atomic E-state index is 13.8. The number of aromatic amines is 2. The minimum Gasteiger partial charge on any atom is -0.477 e. The summed E-state index contributed by atoms with van der Waals surface area (Å²) in [6.07, 6.45) is 3.14. The molecule has 0 aliphatic carbocycles. The quantitative estimate of drug-likeness (QED) is 0.648. The lowest BCUT2D eigenvalue weighted by Crippen LogP contribution is -1.98. The van der Waals surface area contributed by atoms with E-state index in [1.54, 1.807) is 24.4 Å². The van der Waals surface area contributed by atoms with E-state index in [1.165, 1.54) is 12.3 Å². The number of benzene rings is 1. The summed E-state index contributed by atoms with van der Waals surface area (Å²) < 4.78 is 13.8. The highest BCUT2D eigenvalue weighted by Crippen LogP contribution is 2.32. The summed E-state index contributed by atoms with van der Waals surface area (Å²) in [5.41, 5.74) is 1.71. The van der Waals surface area contributed by atoms with Crippen LogP contribution in [0.15, 0.2) is 36.7 Å². The van der Waals surface area contributed by atoms with E-state index < -0.39 is 5.97 Å². The van der Waals surface area contributed by atoms with Gasteiger partial charge in [0.15, 0.2) is 0 Å². The second kappa shape index (κ2) is 3.73. The molecule has 0 spiro atoms. The van der Waals surface area contributed by atoms with Gasteiger partial charge in [-0.05, 0) is 18.2 Å². The number of aromatic nitrogens is 2. The molecular formula is C13H9FN2O2. The van der Waals surface area contributed by atoms with Crippen molar-refractivity contribution >= 4 is 16.9 Å². The first kappa shape index (κ1) is 10.6. The summed E-state index contributed by atoms with van der Waals surface area (Å²) in [6, 6.07) is 6.33. The number of carboxylic acids is 1. The number of fused-ring (bicyclic) bond motifs is 1. The number of H-pyrrole nitrogens is 2. The minimum absolute atomic E-state index is 0.0548. The second-order valence-electron chi connectivity index (χ2n) is 3.94. The molecule has 0 aliphatic heterocycles. The number of carbonyl (C=O) groups is 1. The monoisotopic (exact) mass is 244 g/mol. The van der Waals surface area contributed by atoms with Crippen LogP contribution in [0.5, 0.6) is 0 Å². The number of hydrogen-bond donors (Lipinski definition) is 3. The van der Waals surface area contributed by atoms with Crippen molar-refractivity contribution in [2.24, 2.45) is 0 Å². The molecule has 2 aromatic heterocycles. The summed E-state index contributed by atoms with van der Waals surface area (Å²) >= 11 is 0. The van der Waals surface area contributed by atoms with Crippen molar-refractivity contribution in [1.82, 2.24) is 9.97 Å². The lowest BCUT2D eigenvalue weighted by atomic mass is 10.0. The van der Waals surface area contributed by atoms with Crippen LogP contribution < -0.4 is 0 Å². The van der Waals surface area contributed by atoms with Crippen LogP contribution in [-0.4, -0.2) is 21.0 Å². The molecule has 3 aromatic rings. The van der Waals surface area contributed by atoms with Gasteiger partial charge in [-0.3, -0.25) is 0 Å². The van der Waals surface area contributed by atoms with E-state index in [2.05, 4.69) is 9.97 Å². The maximum atomic E-state index is 13.8. The lowest BCUT2D eigenvalue weighted by Gasteiger charge is -2.00. The Labute approximate surface area is 101 Å². The van der Waals surface area contributed by atoms with Crippen molar-refractivity contribution in [3.8, 4) is 11.1 Å². The number of rotatable bonds is 2.